The quantitative estimate of drug-likeness (QED) is 0.923. The van der Waals surface area contributed by atoms with Crippen molar-refractivity contribution in [3.05, 3.63) is 28.0 Å². The van der Waals surface area contributed by atoms with Gasteiger partial charge in [0.15, 0.2) is 5.13 Å². The van der Waals surface area contributed by atoms with Crippen LogP contribution >= 0.6 is 11.3 Å². The predicted molar refractivity (Wildman–Crippen MR) is 84.6 cm³/mol. The monoisotopic (exact) mass is 301 g/mol. The van der Waals surface area contributed by atoms with Crippen molar-refractivity contribution in [3.8, 4) is 0 Å². The number of anilines is 2. The Labute approximate surface area is 128 Å². The van der Waals surface area contributed by atoms with Crippen molar-refractivity contribution in [2.24, 2.45) is 0 Å². The molecule has 5 nitrogen and oxygen atoms in total. The van der Waals surface area contributed by atoms with Crippen LogP contribution < -0.4 is 10.6 Å². The lowest BCUT2D eigenvalue weighted by Crippen LogP contribution is -2.31. The molecule has 1 fully saturated rings. The van der Waals surface area contributed by atoms with Crippen molar-refractivity contribution < 1.29 is 0 Å². The fourth-order valence-electron chi connectivity index (χ4n) is 3.02. The number of hydrogen-bond donors (Lipinski definition) is 1. The Bertz CT molecular complexity index is 677. The Morgan fingerprint density at radius 2 is 2.14 bits per heavy atom. The van der Waals surface area contributed by atoms with Gasteiger partial charge in [-0.1, -0.05) is 6.42 Å². The lowest BCUT2D eigenvalue weighted by molar-refractivity contribution is 0.410. The molecule has 0 amide bonds. The van der Waals surface area contributed by atoms with E-state index in [0.29, 0.717) is 11.0 Å². The molecule has 1 aliphatic heterocycles. The van der Waals surface area contributed by atoms with E-state index in [9.17, 15) is 0 Å². The topological polar surface area (TPSA) is 67.9 Å². The van der Waals surface area contributed by atoms with Crippen LogP contribution in [-0.4, -0.2) is 21.5 Å². The number of aromatic nitrogens is 3. The number of rotatable bonds is 2. The summed E-state index contributed by atoms with van der Waals surface area (Å²) in [5.41, 5.74) is 9.25. The molecule has 0 unspecified atom stereocenters. The van der Waals surface area contributed by atoms with E-state index in [-0.39, 0.29) is 0 Å². The number of nitrogen functional groups attached to an aromatic ring is 1. The third-order valence-electron chi connectivity index (χ3n) is 4.42. The molecule has 1 aliphatic carbocycles. The van der Waals surface area contributed by atoms with Crippen LogP contribution in [0, 0.1) is 6.92 Å². The summed E-state index contributed by atoms with van der Waals surface area (Å²) in [6.07, 6.45) is 4.80. The molecule has 3 heterocycles. The van der Waals surface area contributed by atoms with Crippen LogP contribution in [0.1, 0.15) is 47.1 Å². The SMILES string of the molecule is Cc1cc(C2CCC2)nc(N2CCc3nc(N)sc3C2)n1. The number of hydrogen-bond acceptors (Lipinski definition) is 6. The van der Waals surface area contributed by atoms with Crippen LogP contribution in [0.15, 0.2) is 6.07 Å². The molecule has 0 aromatic carbocycles. The zero-order chi connectivity index (χ0) is 14.4. The Morgan fingerprint density at radius 3 is 2.90 bits per heavy atom. The second-order valence-corrected chi connectivity index (χ2v) is 7.07. The summed E-state index contributed by atoms with van der Waals surface area (Å²) in [6.45, 7) is 3.81. The molecule has 2 aromatic rings. The molecule has 0 radical (unpaired) electrons. The highest BCUT2D eigenvalue weighted by molar-refractivity contribution is 7.15. The highest BCUT2D eigenvalue weighted by Gasteiger charge is 2.25. The van der Waals surface area contributed by atoms with Crippen molar-refractivity contribution in [1.82, 2.24) is 15.0 Å². The third-order valence-corrected chi connectivity index (χ3v) is 5.33. The lowest BCUT2D eigenvalue weighted by Gasteiger charge is -2.29. The first-order chi connectivity index (χ1) is 10.2. The minimum atomic E-state index is 0.643. The van der Waals surface area contributed by atoms with Crippen LogP contribution in [0.5, 0.6) is 0 Å². The van der Waals surface area contributed by atoms with E-state index in [2.05, 4.69) is 27.9 Å². The fourth-order valence-corrected chi connectivity index (χ4v) is 3.91. The molecule has 0 atom stereocenters. The van der Waals surface area contributed by atoms with E-state index < -0.39 is 0 Å². The number of nitrogens with zero attached hydrogens (tertiary/aromatic N) is 4. The zero-order valence-electron chi connectivity index (χ0n) is 12.2. The van der Waals surface area contributed by atoms with Crippen molar-refractivity contribution in [2.75, 3.05) is 17.2 Å². The van der Waals surface area contributed by atoms with Gasteiger partial charge in [0.05, 0.1) is 12.2 Å². The van der Waals surface area contributed by atoms with Gasteiger partial charge < -0.3 is 10.6 Å². The summed E-state index contributed by atoms with van der Waals surface area (Å²) >= 11 is 1.59. The van der Waals surface area contributed by atoms with Crippen molar-refractivity contribution >= 4 is 22.4 Å². The van der Waals surface area contributed by atoms with Gasteiger partial charge in [0.25, 0.3) is 0 Å². The van der Waals surface area contributed by atoms with E-state index in [1.165, 1.54) is 29.8 Å². The summed E-state index contributed by atoms with van der Waals surface area (Å²) in [6, 6.07) is 2.15. The summed E-state index contributed by atoms with van der Waals surface area (Å²) in [5.74, 6) is 1.51. The summed E-state index contributed by atoms with van der Waals surface area (Å²) < 4.78 is 0. The molecule has 0 spiro atoms. The molecule has 0 bridgehead atoms. The largest absolute Gasteiger partial charge is 0.375 e. The first kappa shape index (κ1) is 13.0. The minimum absolute atomic E-state index is 0.643. The second-order valence-electron chi connectivity index (χ2n) is 5.96. The minimum Gasteiger partial charge on any atom is -0.375 e. The molecular weight excluding hydrogens is 282 g/mol. The van der Waals surface area contributed by atoms with Gasteiger partial charge in [-0.2, -0.15) is 0 Å². The maximum absolute atomic E-state index is 5.81. The molecule has 2 aliphatic rings. The van der Waals surface area contributed by atoms with Gasteiger partial charge in [0.1, 0.15) is 0 Å². The molecular formula is C15H19N5S. The number of fused-ring (bicyclic) bond motifs is 1. The van der Waals surface area contributed by atoms with Gasteiger partial charge in [-0.05, 0) is 25.8 Å². The first-order valence-electron chi connectivity index (χ1n) is 7.53. The summed E-state index contributed by atoms with van der Waals surface area (Å²) in [4.78, 5) is 17.4. The molecule has 21 heavy (non-hydrogen) atoms. The van der Waals surface area contributed by atoms with E-state index >= 15 is 0 Å². The van der Waals surface area contributed by atoms with Gasteiger partial charge in [-0.25, -0.2) is 15.0 Å². The van der Waals surface area contributed by atoms with Gasteiger partial charge >= 0.3 is 0 Å². The number of thiazole rings is 1. The lowest BCUT2D eigenvalue weighted by atomic mass is 9.83. The molecule has 1 saturated carbocycles. The van der Waals surface area contributed by atoms with Crippen LogP contribution in [0.2, 0.25) is 0 Å². The smallest absolute Gasteiger partial charge is 0.226 e. The van der Waals surface area contributed by atoms with E-state index in [0.717, 1.165) is 36.8 Å². The average Bonchev–Trinajstić information content (AvgIpc) is 2.75. The van der Waals surface area contributed by atoms with Gasteiger partial charge in [0, 0.05) is 35.1 Å². The van der Waals surface area contributed by atoms with Gasteiger partial charge in [-0.15, -0.1) is 11.3 Å². The van der Waals surface area contributed by atoms with Crippen LogP contribution in [-0.2, 0) is 13.0 Å². The Morgan fingerprint density at radius 1 is 1.29 bits per heavy atom. The number of aryl methyl sites for hydroxylation is 1. The summed E-state index contributed by atoms with van der Waals surface area (Å²) in [5, 5.41) is 0.669. The molecule has 2 aromatic heterocycles. The third kappa shape index (κ3) is 2.37. The van der Waals surface area contributed by atoms with Crippen molar-refractivity contribution in [3.63, 3.8) is 0 Å². The van der Waals surface area contributed by atoms with E-state index in [4.69, 9.17) is 10.7 Å². The second kappa shape index (κ2) is 4.94. The van der Waals surface area contributed by atoms with Gasteiger partial charge in [-0.3, -0.25) is 0 Å². The highest BCUT2D eigenvalue weighted by Crippen LogP contribution is 2.36. The highest BCUT2D eigenvalue weighted by atomic mass is 32.1. The van der Waals surface area contributed by atoms with Crippen molar-refractivity contribution in [1.29, 1.82) is 0 Å². The first-order valence-corrected chi connectivity index (χ1v) is 8.35. The van der Waals surface area contributed by atoms with Crippen LogP contribution in [0.4, 0.5) is 11.1 Å². The van der Waals surface area contributed by atoms with Crippen molar-refractivity contribution in [2.45, 2.75) is 45.1 Å². The Balaban J connectivity index is 1.63. The molecule has 4 rings (SSSR count). The standard InChI is InChI=1S/C15H19N5S/c1-9-7-12(10-3-2-4-10)19-15(17-9)20-6-5-11-13(8-20)21-14(16)18-11/h7,10H,2-6,8H2,1H3,(H2,16,18). The zero-order valence-corrected chi connectivity index (χ0v) is 13.0. The van der Waals surface area contributed by atoms with E-state index in [1.807, 2.05) is 0 Å². The summed E-state index contributed by atoms with van der Waals surface area (Å²) in [7, 11) is 0. The maximum atomic E-state index is 5.81. The van der Waals surface area contributed by atoms with Crippen LogP contribution in [0.3, 0.4) is 0 Å². The van der Waals surface area contributed by atoms with Gasteiger partial charge in [0.2, 0.25) is 5.95 Å². The fraction of sp³-hybridized carbons (Fsp3) is 0.533. The predicted octanol–water partition coefficient (Wildman–Crippen LogP) is 2.65. The number of nitrogens with two attached hydrogens (primary N) is 1. The normalized spacial score (nSPS) is 18.4. The molecule has 0 saturated heterocycles. The Kier molecular flexibility index (Phi) is 3.06. The molecule has 2 N–H and O–H groups in total. The molecule has 110 valence electrons. The van der Waals surface area contributed by atoms with E-state index in [1.54, 1.807) is 11.3 Å². The maximum Gasteiger partial charge on any atom is 0.226 e. The Hall–Kier alpha value is -1.69. The van der Waals surface area contributed by atoms with Crippen LogP contribution in [0.25, 0.3) is 0 Å². The average molecular weight is 301 g/mol. The molecule has 6 heteroatoms.